The van der Waals surface area contributed by atoms with E-state index in [1.807, 2.05) is 24.3 Å². The summed E-state index contributed by atoms with van der Waals surface area (Å²) in [5.74, 6) is -3.20. The van der Waals surface area contributed by atoms with Gasteiger partial charge >= 0.3 is 11.9 Å². The molecule has 3 unspecified atom stereocenters. The first-order valence-electron chi connectivity index (χ1n) is 8.12. The predicted octanol–water partition coefficient (Wildman–Crippen LogP) is 2.53. The summed E-state index contributed by atoms with van der Waals surface area (Å²) in [6.07, 6.45) is 0.495. The molecule has 1 aliphatic carbocycles. The van der Waals surface area contributed by atoms with Gasteiger partial charge in [0, 0.05) is 23.0 Å². The second kappa shape index (κ2) is 5.84. The van der Waals surface area contributed by atoms with Crippen LogP contribution in [0.1, 0.15) is 27.4 Å². The first-order valence-corrected chi connectivity index (χ1v) is 8.12. The number of Topliss-reactive ketones (excluding diaryl/α,β-unsaturated/α-hetero) is 1. The summed E-state index contributed by atoms with van der Waals surface area (Å²) in [5.41, 5.74) is 2.30. The molecule has 0 radical (unpaired) electrons. The Labute approximate surface area is 144 Å². The molecule has 0 fully saturated rings. The van der Waals surface area contributed by atoms with E-state index in [2.05, 4.69) is 0 Å². The van der Waals surface area contributed by atoms with E-state index in [9.17, 15) is 14.4 Å². The van der Waals surface area contributed by atoms with E-state index >= 15 is 0 Å². The first-order chi connectivity index (χ1) is 12.1. The summed E-state index contributed by atoms with van der Waals surface area (Å²) in [5, 5.41) is 0. The van der Waals surface area contributed by atoms with Crippen LogP contribution in [-0.4, -0.2) is 24.8 Å². The number of rotatable bonds is 2. The lowest BCUT2D eigenvalue weighted by atomic mass is 9.73. The van der Waals surface area contributed by atoms with Gasteiger partial charge in [0.25, 0.3) is 0 Å². The molecule has 2 aromatic carbocycles. The van der Waals surface area contributed by atoms with Crippen LogP contribution in [0.25, 0.3) is 0 Å². The quantitative estimate of drug-likeness (QED) is 0.479. The molecule has 3 atom stereocenters. The third kappa shape index (κ3) is 2.35. The van der Waals surface area contributed by atoms with Crippen molar-refractivity contribution in [2.24, 2.45) is 11.8 Å². The molecule has 126 valence electrons. The van der Waals surface area contributed by atoms with Crippen LogP contribution in [-0.2, 0) is 20.7 Å². The molecule has 0 aromatic heterocycles. The van der Waals surface area contributed by atoms with Crippen molar-refractivity contribution in [1.82, 2.24) is 0 Å². The van der Waals surface area contributed by atoms with Crippen molar-refractivity contribution >= 4 is 17.7 Å². The average molecular weight is 336 g/mol. The van der Waals surface area contributed by atoms with E-state index in [1.165, 1.54) is 7.11 Å². The SMILES string of the molecule is COC(=O)C1C(=O)Oc2ccccc2C1C1Cc2ccccc2C1=O. The minimum absolute atomic E-state index is 0.0426. The van der Waals surface area contributed by atoms with Gasteiger partial charge in [0.1, 0.15) is 5.75 Å². The largest absolute Gasteiger partial charge is 0.468 e. The van der Waals surface area contributed by atoms with Gasteiger partial charge < -0.3 is 9.47 Å². The third-order valence-corrected chi connectivity index (χ3v) is 5.05. The maximum Gasteiger partial charge on any atom is 0.326 e. The minimum Gasteiger partial charge on any atom is -0.468 e. The lowest BCUT2D eigenvalue weighted by Crippen LogP contribution is -2.42. The number of carbonyl (C=O) groups excluding carboxylic acids is 3. The lowest BCUT2D eigenvalue weighted by Gasteiger charge is -2.33. The molecule has 1 heterocycles. The van der Waals surface area contributed by atoms with Crippen molar-refractivity contribution in [3.05, 3.63) is 65.2 Å². The van der Waals surface area contributed by atoms with Crippen molar-refractivity contribution in [2.45, 2.75) is 12.3 Å². The number of methoxy groups -OCH3 is 1. The minimum atomic E-state index is -1.14. The Hall–Kier alpha value is -2.95. The van der Waals surface area contributed by atoms with E-state index < -0.39 is 29.7 Å². The van der Waals surface area contributed by atoms with Crippen molar-refractivity contribution in [2.75, 3.05) is 7.11 Å². The monoisotopic (exact) mass is 336 g/mol. The van der Waals surface area contributed by atoms with Crippen molar-refractivity contribution in [3.8, 4) is 5.75 Å². The van der Waals surface area contributed by atoms with Gasteiger partial charge in [0.05, 0.1) is 7.11 Å². The van der Waals surface area contributed by atoms with E-state index in [4.69, 9.17) is 9.47 Å². The highest BCUT2D eigenvalue weighted by Gasteiger charge is 2.50. The number of esters is 2. The summed E-state index contributed by atoms with van der Waals surface area (Å²) in [6, 6.07) is 14.5. The third-order valence-electron chi connectivity index (χ3n) is 5.05. The number of hydrogen-bond donors (Lipinski definition) is 0. The summed E-state index contributed by atoms with van der Waals surface area (Å²) in [7, 11) is 1.23. The highest BCUT2D eigenvalue weighted by molar-refractivity contribution is 6.05. The molecule has 2 aliphatic rings. The fraction of sp³-hybridized carbons (Fsp3) is 0.250. The van der Waals surface area contributed by atoms with Crippen LogP contribution in [0.4, 0.5) is 0 Å². The van der Waals surface area contributed by atoms with Crippen LogP contribution in [0.3, 0.4) is 0 Å². The first kappa shape index (κ1) is 15.6. The molecule has 4 rings (SSSR count). The summed E-state index contributed by atoms with van der Waals surface area (Å²) < 4.78 is 10.1. The Morgan fingerprint density at radius 1 is 1.08 bits per heavy atom. The fourth-order valence-electron chi connectivity index (χ4n) is 3.92. The Morgan fingerprint density at radius 2 is 1.80 bits per heavy atom. The molecule has 2 aromatic rings. The van der Waals surface area contributed by atoms with Crippen molar-refractivity contribution in [3.63, 3.8) is 0 Å². The molecule has 0 N–H and O–H groups in total. The zero-order valence-corrected chi connectivity index (χ0v) is 13.6. The molecule has 5 nitrogen and oxygen atoms in total. The summed E-state index contributed by atoms with van der Waals surface area (Å²) >= 11 is 0. The molecule has 0 saturated carbocycles. The fourth-order valence-corrected chi connectivity index (χ4v) is 3.92. The lowest BCUT2D eigenvalue weighted by molar-refractivity contribution is -0.158. The average Bonchev–Trinajstić information content (AvgIpc) is 2.96. The second-order valence-electron chi connectivity index (χ2n) is 6.32. The van der Waals surface area contributed by atoms with Gasteiger partial charge in [-0.05, 0) is 18.1 Å². The predicted molar refractivity (Wildman–Crippen MR) is 88.3 cm³/mol. The van der Waals surface area contributed by atoms with E-state index in [1.54, 1.807) is 24.3 Å². The molecule has 1 aliphatic heterocycles. The molecule has 0 saturated heterocycles. The number of carbonyl (C=O) groups is 3. The normalized spacial score (nSPS) is 24.3. The number of para-hydroxylation sites is 1. The van der Waals surface area contributed by atoms with Crippen LogP contribution < -0.4 is 4.74 Å². The van der Waals surface area contributed by atoms with Crippen LogP contribution in [0.5, 0.6) is 5.75 Å². The highest BCUT2D eigenvalue weighted by atomic mass is 16.6. The van der Waals surface area contributed by atoms with Crippen LogP contribution in [0.15, 0.2) is 48.5 Å². The van der Waals surface area contributed by atoms with Gasteiger partial charge in [-0.2, -0.15) is 0 Å². The van der Waals surface area contributed by atoms with Gasteiger partial charge in [-0.3, -0.25) is 14.4 Å². The maximum absolute atomic E-state index is 13.0. The number of ether oxygens (including phenoxy) is 2. The van der Waals surface area contributed by atoms with Gasteiger partial charge in [-0.15, -0.1) is 0 Å². The van der Waals surface area contributed by atoms with Gasteiger partial charge in [0.15, 0.2) is 11.7 Å². The van der Waals surface area contributed by atoms with E-state index in [0.29, 0.717) is 23.3 Å². The molecule has 25 heavy (non-hydrogen) atoms. The second-order valence-corrected chi connectivity index (χ2v) is 6.32. The number of ketones is 1. The molecular weight excluding hydrogens is 320 g/mol. The topological polar surface area (TPSA) is 69.7 Å². The smallest absolute Gasteiger partial charge is 0.326 e. The van der Waals surface area contributed by atoms with Gasteiger partial charge in [-0.25, -0.2) is 0 Å². The van der Waals surface area contributed by atoms with Crippen LogP contribution >= 0.6 is 0 Å². The number of benzene rings is 2. The van der Waals surface area contributed by atoms with Crippen molar-refractivity contribution in [1.29, 1.82) is 0 Å². The summed E-state index contributed by atoms with van der Waals surface area (Å²) in [4.78, 5) is 37.7. The summed E-state index contributed by atoms with van der Waals surface area (Å²) in [6.45, 7) is 0. The highest BCUT2D eigenvalue weighted by Crippen LogP contribution is 2.47. The van der Waals surface area contributed by atoms with Crippen LogP contribution in [0.2, 0.25) is 0 Å². The number of fused-ring (bicyclic) bond motifs is 2. The standard InChI is InChI=1S/C20H16O5/c1-24-19(22)17-16(13-8-4-5-9-15(13)25-20(17)23)14-10-11-6-2-3-7-12(11)18(14)21/h2-9,14,16-17H,10H2,1H3. The molecule has 5 heteroatoms. The Balaban J connectivity index is 1.84. The molecular formula is C20H16O5. The zero-order valence-electron chi connectivity index (χ0n) is 13.6. The Morgan fingerprint density at radius 3 is 2.56 bits per heavy atom. The zero-order chi connectivity index (χ0) is 17.6. The van der Waals surface area contributed by atoms with Gasteiger partial charge in [0.2, 0.25) is 0 Å². The van der Waals surface area contributed by atoms with Crippen LogP contribution in [0, 0.1) is 11.8 Å². The number of hydrogen-bond acceptors (Lipinski definition) is 5. The Bertz CT molecular complexity index is 885. The molecule has 0 bridgehead atoms. The maximum atomic E-state index is 13.0. The molecule has 0 amide bonds. The van der Waals surface area contributed by atoms with Gasteiger partial charge in [-0.1, -0.05) is 42.5 Å². The molecule has 0 spiro atoms. The Kier molecular flexibility index (Phi) is 3.64. The van der Waals surface area contributed by atoms with E-state index in [-0.39, 0.29) is 5.78 Å². The van der Waals surface area contributed by atoms with E-state index in [0.717, 1.165) is 5.56 Å². The van der Waals surface area contributed by atoms with Crippen molar-refractivity contribution < 1.29 is 23.9 Å².